The van der Waals surface area contributed by atoms with E-state index in [2.05, 4.69) is 16.7 Å². The molecule has 2 nitrogen and oxygen atoms in total. The summed E-state index contributed by atoms with van der Waals surface area (Å²) in [5, 5.41) is 11.5. The summed E-state index contributed by atoms with van der Waals surface area (Å²) in [6, 6.07) is 10.1. The molecule has 1 aliphatic rings. The van der Waals surface area contributed by atoms with Crippen molar-refractivity contribution in [2.45, 2.75) is 25.8 Å². The molecule has 1 aliphatic heterocycles. The molecule has 0 radical (unpaired) electrons. The van der Waals surface area contributed by atoms with E-state index in [9.17, 15) is 5.11 Å². The van der Waals surface area contributed by atoms with Gasteiger partial charge in [0.2, 0.25) is 11.3 Å². The molecule has 0 amide bonds. The minimum atomic E-state index is 0. The number of aromatic hydroxyl groups is 1. The second-order valence-electron chi connectivity index (χ2n) is 4.12. The van der Waals surface area contributed by atoms with E-state index in [-0.39, 0.29) is 17.0 Å². The zero-order valence-corrected chi connectivity index (χ0v) is 11.8. The van der Waals surface area contributed by atoms with Crippen LogP contribution in [0.1, 0.15) is 17.8 Å². The van der Waals surface area contributed by atoms with Crippen LogP contribution in [0.15, 0.2) is 30.3 Å². The van der Waals surface area contributed by atoms with E-state index in [1.165, 1.54) is 17.8 Å². The van der Waals surface area contributed by atoms with Gasteiger partial charge in [0.15, 0.2) is 0 Å². The van der Waals surface area contributed by atoms with Gasteiger partial charge in [-0.2, -0.15) is 0 Å². The first-order chi connectivity index (χ1) is 7.86. The normalized spacial score (nSPS) is 13.9. The Bertz CT molecular complexity index is 510. The molecule has 2 aromatic rings. The number of fused-ring (bicyclic) bond motifs is 1. The number of hydrogen-bond donors (Lipinski definition) is 1. The highest BCUT2D eigenvalue weighted by Gasteiger charge is 2.30. The van der Waals surface area contributed by atoms with Gasteiger partial charge in [-0.15, -0.1) is 0 Å². The molecule has 0 fully saturated rings. The largest absolute Gasteiger partial charge is 1.00 e. The molecular weight excluding hydrogens is 298 g/mol. The molecule has 1 N–H and O–H groups in total. The molecule has 0 saturated carbocycles. The lowest BCUT2D eigenvalue weighted by molar-refractivity contribution is -0.00000422. The molecule has 2 heterocycles. The van der Waals surface area contributed by atoms with Gasteiger partial charge in [-0.3, -0.25) is 4.57 Å². The Morgan fingerprint density at radius 3 is 2.59 bits per heavy atom. The van der Waals surface area contributed by atoms with E-state index in [1.807, 2.05) is 18.2 Å². The number of aromatic nitrogens is 1. The third-order valence-electron chi connectivity index (χ3n) is 3.04. The lowest BCUT2D eigenvalue weighted by Crippen LogP contribution is -3.00. The van der Waals surface area contributed by atoms with Crippen LogP contribution in [0, 0.1) is 0 Å². The van der Waals surface area contributed by atoms with Crippen molar-refractivity contribution in [3.8, 4) is 16.3 Å². The zero-order chi connectivity index (χ0) is 11.0. The van der Waals surface area contributed by atoms with Crippen LogP contribution in [0.4, 0.5) is 0 Å². The Labute approximate surface area is 115 Å². The van der Waals surface area contributed by atoms with Gasteiger partial charge in [0, 0.05) is 18.5 Å². The van der Waals surface area contributed by atoms with Crippen LogP contribution in [-0.2, 0) is 13.0 Å². The first kappa shape index (κ1) is 12.6. The maximum atomic E-state index is 10.2. The van der Waals surface area contributed by atoms with Crippen molar-refractivity contribution in [3.63, 3.8) is 0 Å². The maximum absolute atomic E-state index is 10.2. The summed E-state index contributed by atoms with van der Waals surface area (Å²) < 4.78 is 2.07. The SMILES string of the molecule is Oc1c(-c2ccccc2)[s+]c2n1CCCC2.[Br-]. The number of halogens is 1. The van der Waals surface area contributed by atoms with Gasteiger partial charge in [-0.25, -0.2) is 0 Å². The van der Waals surface area contributed by atoms with Crippen LogP contribution in [0.3, 0.4) is 0 Å². The van der Waals surface area contributed by atoms with Crippen molar-refractivity contribution in [2.24, 2.45) is 0 Å². The molecule has 0 bridgehead atoms. The van der Waals surface area contributed by atoms with E-state index in [0.29, 0.717) is 5.88 Å². The maximum Gasteiger partial charge on any atom is 0.299 e. The van der Waals surface area contributed by atoms with Crippen LogP contribution >= 0.6 is 11.3 Å². The van der Waals surface area contributed by atoms with Crippen molar-refractivity contribution in [1.82, 2.24) is 4.57 Å². The molecule has 0 atom stereocenters. The minimum Gasteiger partial charge on any atom is -1.00 e. The van der Waals surface area contributed by atoms with Crippen LogP contribution < -0.4 is 17.0 Å². The van der Waals surface area contributed by atoms with Gasteiger partial charge in [-0.05, 0) is 25.0 Å². The van der Waals surface area contributed by atoms with Crippen molar-refractivity contribution in [1.29, 1.82) is 0 Å². The van der Waals surface area contributed by atoms with Crippen LogP contribution in [0.25, 0.3) is 10.4 Å². The topological polar surface area (TPSA) is 25.2 Å². The van der Waals surface area contributed by atoms with Gasteiger partial charge in [0.1, 0.15) is 0 Å². The third kappa shape index (κ3) is 2.24. The minimum absolute atomic E-state index is 0. The number of aryl methyl sites for hydroxylation is 1. The average Bonchev–Trinajstić information content (AvgIpc) is 2.69. The third-order valence-corrected chi connectivity index (χ3v) is 4.32. The summed E-state index contributed by atoms with van der Waals surface area (Å²) in [6.45, 7) is 0.963. The molecule has 17 heavy (non-hydrogen) atoms. The molecule has 4 heteroatoms. The lowest BCUT2D eigenvalue weighted by atomic mass is 10.2. The number of rotatable bonds is 1. The van der Waals surface area contributed by atoms with Crippen LogP contribution in [-0.4, -0.2) is 9.67 Å². The summed E-state index contributed by atoms with van der Waals surface area (Å²) in [6.07, 6.45) is 3.52. The molecule has 0 aliphatic carbocycles. The van der Waals surface area contributed by atoms with Crippen molar-refractivity contribution in [2.75, 3.05) is 0 Å². The quantitative estimate of drug-likeness (QED) is 0.764. The Morgan fingerprint density at radius 1 is 1.12 bits per heavy atom. The highest BCUT2D eigenvalue weighted by Crippen LogP contribution is 2.39. The fraction of sp³-hybridized carbons (Fsp3) is 0.308. The Morgan fingerprint density at radius 2 is 1.88 bits per heavy atom. The molecule has 0 saturated heterocycles. The molecule has 1 aromatic heterocycles. The smallest absolute Gasteiger partial charge is 0.299 e. The van der Waals surface area contributed by atoms with Gasteiger partial charge in [0.25, 0.3) is 15.8 Å². The predicted molar refractivity (Wildman–Crippen MR) is 66.8 cm³/mol. The molecule has 0 unspecified atom stereocenters. The first-order valence-corrected chi connectivity index (χ1v) is 6.48. The Hall–Kier alpha value is -0.870. The van der Waals surface area contributed by atoms with Gasteiger partial charge < -0.3 is 22.1 Å². The fourth-order valence-corrected chi connectivity index (χ4v) is 3.42. The average molecular weight is 312 g/mol. The van der Waals surface area contributed by atoms with Gasteiger partial charge in [-0.1, -0.05) is 18.2 Å². The zero-order valence-electron chi connectivity index (χ0n) is 9.40. The van der Waals surface area contributed by atoms with Crippen molar-refractivity contribution in [3.05, 3.63) is 35.3 Å². The molecule has 1 aromatic carbocycles. The highest BCUT2D eigenvalue weighted by molar-refractivity contribution is 7.15. The standard InChI is InChI=1S/C13H13NOS.BrH/c15-13-12(10-6-2-1-3-7-10)16-11-8-4-5-9-14(11)13;/h1-3,6-7H,4-5,8-9H2;1H. The number of nitrogens with zero attached hydrogens (tertiary/aromatic N) is 1. The van der Waals surface area contributed by atoms with Crippen molar-refractivity contribution < 1.29 is 22.1 Å². The van der Waals surface area contributed by atoms with E-state index in [4.69, 9.17) is 0 Å². The Kier molecular flexibility index (Phi) is 3.84. The molecule has 90 valence electrons. The number of hydrogen-bond acceptors (Lipinski definition) is 1. The fourth-order valence-electron chi connectivity index (χ4n) is 2.20. The van der Waals surface area contributed by atoms with Gasteiger partial charge >= 0.3 is 0 Å². The van der Waals surface area contributed by atoms with Gasteiger partial charge in [0.05, 0.1) is 0 Å². The summed E-state index contributed by atoms with van der Waals surface area (Å²) in [7, 11) is 0. The Balaban J connectivity index is 0.00000108. The van der Waals surface area contributed by atoms with Crippen LogP contribution in [0.2, 0.25) is 0 Å². The summed E-state index contributed by atoms with van der Waals surface area (Å²) in [4.78, 5) is 1.01. The lowest BCUT2D eigenvalue weighted by Gasteiger charge is -2.08. The van der Waals surface area contributed by atoms with Crippen molar-refractivity contribution >= 4 is 11.3 Å². The van der Waals surface area contributed by atoms with E-state index in [0.717, 1.165) is 23.4 Å². The molecular formula is C13H14BrNOS. The van der Waals surface area contributed by atoms with E-state index in [1.54, 1.807) is 11.3 Å². The molecule has 0 spiro atoms. The first-order valence-electron chi connectivity index (χ1n) is 5.66. The second-order valence-corrected chi connectivity index (χ2v) is 5.21. The number of benzene rings is 1. The predicted octanol–water partition coefficient (Wildman–Crippen LogP) is 0.544. The second kappa shape index (κ2) is 5.19. The van der Waals surface area contributed by atoms with Crippen LogP contribution in [0.5, 0.6) is 5.88 Å². The summed E-state index contributed by atoms with van der Waals surface area (Å²) >= 11 is 1.73. The number of thiazole rings is 1. The summed E-state index contributed by atoms with van der Waals surface area (Å²) in [5.41, 5.74) is 1.12. The van der Waals surface area contributed by atoms with E-state index < -0.39 is 0 Å². The van der Waals surface area contributed by atoms with E-state index >= 15 is 0 Å². The highest BCUT2D eigenvalue weighted by atomic mass is 79.9. The molecule has 3 rings (SSSR count). The summed E-state index contributed by atoms with van der Waals surface area (Å²) in [5.74, 6) is 0.450. The monoisotopic (exact) mass is 311 g/mol.